The van der Waals surface area contributed by atoms with Crippen LogP contribution >= 0.6 is 0 Å². The first-order chi connectivity index (χ1) is 7.15. The summed E-state index contributed by atoms with van der Waals surface area (Å²) in [6.45, 7) is 0.266. The highest BCUT2D eigenvalue weighted by atomic mass is 16.7. The molecule has 0 aromatic carbocycles. The van der Waals surface area contributed by atoms with Gasteiger partial charge in [0.15, 0.2) is 6.29 Å². The van der Waals surface area contributed by atoms with Gasteiger partial charge in [0.05, 0.1) is 6.61 Å². The summed E-state index contributed by atoms with van der Waals surface area (Å²) in [5.74, 6) is 0. The molecule has 1 unspecified atom stereocenters. The van der Waals surface area contributed by atoms with Crippen LogP contribution in [0.4, 0.5) is 0 Å². The quantitative estimate of drug-likeness (QED) is 0.618. The highest BCUT2D eigenvalue weighted by molar-refractivity contribution is 4.90. The fraction of sp³-hybridized carbons (Fsp3) is 1.00. The van der Waals surface area contributed by atoms with Crippen molar-refractivity contribution in [1.82, 2.24) is 0 Å². The fourth-order valence-electron chi connectivity index (χ4n) is 1.76. The Balaban J connectivity index is 2.73. The molecule has 1 aliphatic heterocycles. The summed E-state index contributed by atoms with van der Waals surface area (Å²) in [4.78, 5) is 0. The van der Waals surface area contributed by atoms with Crippen LogP contribution in [0, 0.1) is 0 Å². The number of methoxy groups -OCH3 is 3. The first-order valence-corrected chi connectivity index (χ1v) is 4.71. The molecule has 6 heteroatoms. The lowest BCUT2D eigenvalue weighted by Crippen LogP contribution is -2.59. The van der Waals surface area contributed by atoms with E-state index >= 15 is 0 Å². The van der Waals surface area contributed by atoms with Crippen LogP contribution in [-0.4, -0.2) is 68.9 Å². The summed E-state index contributed by atoms with van der Waals surface area (Å²) in [6.07, 6.45) is -3.94. The molecule has 0 saturated carbocycles. The van der Waals surface area contributed by atoms with E-state index in [0.29, 0.717) is 0 Å². The van der Waals surface area contributed by atoms with E-state index in [-0.39, 0.29) is 6.61 Å². The average Bonchev–Trinajstić information content (AvgIpc) is 2.23. The monoisotopic (exact) mass is 222 g/mol. The second-order valence-corrected chi connectivity index (χ2v) is 3.41. The van der Waals surface area contributed by atoms with Crippen molar-refractivity contribution in [3.63, 3.8) is 0 Å². The molecular weight excluding hydrogens is 204 g/mol. The molecule has 1 heterocycles. The summed E-state index contributed by atoms with van der Waals surface area (Å²) >= 11 is 0. The molecular formula is C9H18O6. The van der Waals surface area contributed by atoms with Crippen molar-refractivity contribution in [1.29, 1.82) is 0 Å². The van der Waals surface area contributed by atoms with Crippen molar-refractivity contribution in [2.75, 3.05) is 27.9 Å². The second-order valence-electron chi connectivity index (χ2n) is 3.41. The van der Waals surface area contributed by atoms with E-state index in [0.717, 1.165) is 0 Å². The SMILES string of the molecule is COC[C@H]1OC(O)[C@H](O)[C@@H](OC)[C@H]1OC. The zero-order chi connectivity index (χ0) is 11.4. The second kappa shape index (κ2) is 5.74. The van der Waals surface area contributed by atoms with Crippen molar-refractivity contribution in [3.05, 3.63) is 0 Å². The molecule has 0 radical (unpaired) electrons. The Kier molecular flexibility index (Phi) is 4.91. The van der Waals surface area contributed by atoms with Gasteiger partial charge in [-0.3, -0.25) is 0 Å². The first kappa shape index (κ1) is 12.8. The van der Waals surface area contributed by atoms with Gasteiger partial charge in [0.1, 0.15) is 24.4 Å². The number of ether oxygens (including phenoxy) is 4. The van der Waals surface area contributed by atoms with Gasteiger partial charge >= 0.3 is 0 Å². The van der Waals surface area contributed by atoms with Gasteiger partial charge < -0.3 is 29.2 Å². The van der Waals surface area contributed by atoms with Gasteiger partial charge in [0, 0.05) is 21.3 Å². The van der Waals surface area contributed by atoms with Gasteiger partial charge in [0.2, 0.25) is 0 Å². The molecule has 0 bridgehead atoms. The standard InChI is InChI=1S/C9H18O6/c1-12-4-5-7(13-2)8(14-3)6(10)9(11)15-5/h5-11H,4H2,1-3H3/t5-,6-,7+,8-,9?/m1/s1. The molecule has 6 nitrogen and oxygen atoms in total. The molecule has 1 rings (SSSR count). The van der Waals surface area contributed by atoms with Crippen LogP contribution in [0.5, 0.6) is 0 Å². The number of aliphatic hydroxyl groups excluding tert-OH is 2. The lowest BCUT2D eigenvalue weighted by molar-refractivity contribution is -0.295. The van der Waals surface area contributed by atoms with E-state index in [2.05, 4.69) is 0 Å². The Morgan fingerprint density at radius 1 is 1.07 bits per heavy atom. The maximum atomic E-state index is 9.60. The maximum Gasteiger partial charge on any atom is 0.184 e. The molecule has 0 spiro atoms. The third kappa shape index (κ3) is 2.66. The smallest absolute Gasteiger partial charge is 0.184 e. The normalized spacial score (nSPS) is 41.8. The van der Waals surface area contributed by atoms with Gasteiger partial charge in [-0.15, -0.1) is 0 Å². The summed E-state index contributed by atoms with van der Waals surface area (Å²) in [5.41, 5.74) is 0. The van der Waals surface area contributed by atoms with Crippen molar-refractivity contribution in [2.24, 2.45) is 0 Å². The zero-order valence-electron chi connectivity index (χ0n) is 9.12. The Labute approximate surface area is 88.7 Å². The number of hydrogen-bond acceptors (Lipinski definition) is 6. The molecule has 15 heavy (non-hydrogen) atoms. The van der Waals surface area contributed by atoms with Crippen LogP contribution in [0.2, 0.25) is 0 Å². The van der Waals surface area contributed by atoms with E-state index in [1.165, 1.54) is 21.3 Å². The summed E-state index contributed by atoms with van der Waals surface area (Å²) < 4.78 is 20.3. The van der Waals surface area contributed by atoms with Crippen LogP contribution in [0.3, 0.4) is 0 Å². The molecule has 90 valence electrons. The van der Waals surface area contributed by atoms with E-state index in [1.54, 1.807) is 0 Å². The minimum Gasteiger partial charge on any atom is -0.385 e. The van der Waals surface area contributed by atoms with Crippen LogP contribution < -0.4 is 0 Å². The molecule has 1 saturated heterocycles. The molecule has 0 aromatic rings. The van der Waals surface area contributed by atoms with Crippen LogP contribution in [-0.2, 0) is 18.9 Å². The predicted molar refractivity (Wildman–Crippen MR) is 50.4 cm³/mol. The molecule has 1 fully saturated rings. The van der Waals surface area contributed by atoms with E-state index in [9.17, 15) is 10.2 Å². The largest absolute Gasteiger partial charge is 0.385 e. The van der Waals surface area contributed by atoms with Gasteiger partial charge in [-0.05, 0) is 0 Å². The summed E-state index contributed by atoms with van der Waals surface area (Å²) in [5, 5.41) is 19.0. The third-order valence-electron chi connectivity index (χ3n) is 2.51. The minimum atomic E-state index is -1.28. The van der Waals surface area contributed by atoms with Gasteiger partial charge in [-0.1, -0.05) is 0 Å². The summed E-state index contributed by atoms with van der Waals surface area (Å²) in [7, 11) is 4.46. The van der Waals surface area contributed by atoms with E-state index in [4.69, 9.17) is 18.9 Å². The van der Waals surface area contributed by atoms with Crippen molar-refractivity contribution in [2.45, 2.75) is 30.7 Å². The third-order valence-corrected chi connectivity index (χ3v) is 2.51. The van der Waals surface area contributed by atoms with E-state index in [1.807, 2.05) is 0 Å². The average molecular weight is 222 g/mol. The molecule has 0 aromatic heterocycles. The maximum absolute atomic E-state index is 9.60. The minimum absolute atomic E-state index is 0.266. The number of aliphatic hydroxyl groups is 2. The van der Waals surface area contributed by atoms with Gasteiger partial charge in [-0.25, -0.2) is 0 Å². The molecule has 0 amide bonds. The predicted octanol–water partition coefficient (Wildman–Crippen LogP) is -1.26. The van der Waals surface area contributed by atoms with Crippen LogP contribution in [0.15, 0.2) is 0 Å². The van der Waals surface area contributed by atoms with Crippen LogP contribution in [0.1, 0.15) is 0 Å². The van der Waals surface area contributed by atoms with E-state index < -0.39 is 30.7 Å². The fourth-order valence-corrected chi connectivity index (χ4v) is 1.76. The Morgan fingerprint density at radius 3 is 2.13 bits per heavy atom. The number of rotatable bonds is 4. The van der Waals surface area contributed by atoms with Gasteiger partial charge in [0.25, 0.3) is 0 Å². The molecule has 1 aliphatic rings. The molecule has 5 atom stereocenters. The Bertz CT molecular complexity index is 187. The lowest BCUT2D eigenvalue weighted by Gasteiger charge is -2.41. The molecule has 2 N–H and O–H groups in total. The Hall–Kier alpha value is -0.240. The number of hydrogen-bond donors (Lipinski definition) is 2. The summed E-state index contributed by atoms with van der Waals surface area (Å²) in [6, 6.07) is 0. The van der Waals surface area contributed by atoms with Crippen LogP contribution in [0.25, 0.3) is 0 Å². The highest BCUT2D eigenvalue weighted by Gasteiger charge is 2.45. The Morgan fingerprint density at radius 2 is 1.67 bits per heavy atom. The molecule has 0 aliphatic carbocycles. The van der Waals surface area contributed by atoms with Crippen molar-refractivity contribution >= 4 is 0 Å². The van der Waals surface area contributed by atoms with Gasteiger partial charge in [-0.2, -0.15) is 0 Å². The lowest BCUT2D eigenvalue weighted by atomic mass is 9.99. The van der Waals surface area contributed by atoms with Crippen molar-refractivity contribution in [3.8, 4) is 0 Å². The highest BCUT2D eigenvalue weighted by Crippen LogP contribution is 2.24. The topological polar surface area (TPSA) is 77.4 Å². The zero-order valence-corrected chi connectivity index (χ0v) is 9.12. The first-order valence-electron chi connectivity index (χ1n) is 4.71. The van der Waals surface area contributed by atoms with Crippen molar-refractivity contribution < 1.29 is 29.2 Å².